The van der Waals surface area contributed by atoms with Gasteiger partial charge in [0.25, 0.3) is 17.7 Å². The molecular formula is C30H22N2O4. The van der Waals surface area contributed by atoms with Gasteiger partial charge in [-0.15, -0.1) is 0 Å². The van der Waals surface area contributed by atoms with E-state index in [0.717, 1.165) is 34.2 Å². The van der Waals surface area contributed by atoms with E-state index in [2.05, 4.69) is 10.6 Å². The molecule has 2 aliphatic rings. The first-order valence-corrected chi connectivity index (χ1v) is 11.2. The molecule has 2 N–H and O–H groups in total. The third-order valence-electron chi connectivity index (χ3n) is 5.40. The van der Waals surface area contributed by atoms with Crippen molar-refractivity contribution in [2.45, 2.75) is 0 Å². The van der Waals surface area contributed by atoms with Crippen molar-refractivity contribution in [2.75, 3.05) is 0 Å². The molecular weight excluding hydrogens is 452 g/mol. The van der Waals surface area contributed by atoms with Gasteiger partial charge < -0.3 is 5.32 Å². The second-order valence-electron chi connectivity index (χ2n) is 7.83. The Labute approximate surface area is 208 Å². The van der Waals surface area contributed by atoms with Gasteiger partial charge in [0.2, 0.25) is 0 Å². The van der Waals surface area contributed by atoms with Crippen LogP contribution in [0.25, 0.3) is 11.8 Å². The molecule has 3 amide bonds. The number of imide groups is 1. The van der Waals surface area contributed by atoms with Crippen LogP contribution >= 0.6 is 0 Å². The lowest BCUT2D eigenvalue weighted by Crippen LogP contribution is -2.19. The van der Waals surface area contributed by atoms with Crippen LogP contribution in [0.5, 0.6) is 0 Å². The van der Waals surface area contributed by atoms with Gasteiger partial charge in [0, 0.05) is 22.4 Å². The summed E-state index contributed by atoms with van der Waals surface area (Å²) in [6.07, 6.45) is 2.82. The van der Waals surface area contributed by atoms with Gasteiger partial charge in [0.05, 0.1) is 11.1 Å². The molecule has 0 fully saturated rings. The normalized spacial score (nSPS) is 13.8. The summed E-state index contributed by atoms with van der Waals surface area (Å²) in [7, 11) is 0. The Morgan fingerprint density at radius 2 is 0.833 bits per heavy atom. The van der Waals surface area contributed by atoms with Crippen LogP contribution in [0.4, 0.5) is 0 Å². The van der Waals surface area contributed by atoms with Crippen molar-refractivity contribution in [3.05, 3.63) is 143 Å². The molecule has 0 aromatic heterocycles. The van der Waals surface area contributed by atoms with Gasteiger partial charge in [-0.1, -0.05) is 91.0 Å². The van der Waals surface area contributed by atoms with Gasteiger partial charge in [-0.25, -0.2) is 0 Å². The lowest BCUT2D eigenvalue weighted by atomic mass is 10.1. The zero-order valence-corrected chi connectivity index (χ0v) is 19.2. The van der Waals surface area contributed by atoms with Crippen LogP contribution in [-0.2, 0) is 0 Å². The highest BCUT2D eigenvalue weighted by atomic mass is 16.2. The van der Waals surface area contributed by atoms with Crippen LogP contribution in [0, 0.1) is 0 Å². The van der Waals surface area contributed by atoms with Crippen molar-refractivity contribution in [3.63, 3.8) is 0 Å². The summed E-state index contributed by atoms with van der Waals surface area (Å²) in [4.78, 5) is 43.6. The summed E-state index contributed by atoms with van der Waals surface area (Å²) in [5.41, 5.74) is 5.34. The van der Waals surface area contributed by atoms with Gasteiger partial charge in [-0.3, -0.25) is 24.5 Å². The third kappa shape index (κ3) is 5.69. The first-order chi connectivity index (χ1) is 17.6. The highest BCUT2D eigenvalue weighted by Gasteiger charge is 2.25. The van der Waals surface area contributed by atoms with Crippen molar-refractivity contribution in [2.24, 2.45) is 0 Å². The first-order valence-electron chi connectivity index (χ1n) is 11.2. The zero-order chi connectivity index (χ0) is 25.3. The number of rotatable bonds is 2. The second kappa shape index (κ2) is 11.4. The summed E-state index contributed by atoms with van der Waals surface area (Å²) >= 11 is 0. The molecule has 6 nitrogen and oxygen atoms in total. The Bertz CT molecular complexity index is 1410. The lowest BCUT2D eigenvalue weighted by molar-refractivity contribution is 0.0878. The van der Waals surface area contributed by atoms with Crippen LogP contribution in [0.2, 0.25) is 0 Å². The smallest absolute Gasteiger partial charge is 0.258 e. The van der Waals surface area contributed by atoms with E-state index in [0.29, 0.717) is 11.1 Å². The number of fused-ring (bicyclic) bond motifs is 2. The number of hydrogen-bond acceptors (Lipinski definition) is 4. The van der Waals surface area contributed by atoms with Gasteiger partial charge in [0.1, 0.15) is 6.29 Å². The van der Waals surface area contributed by atoms with E-state index >= 15 is 0 Å². The molecule has 176 valence electrons. The topological polar surface area (TPSA) is 92.3 Å². The Morgan fingerprint density at radius 1 is 0.444 bits per heavy atom. The van der Waals surface area contributed by atoms with Gasteiger partial charge in [-0.2, -0.15) is 0 Å². The number of benzene rings is 4. The summed E-state index contributed by atoms with van der Waals surface area (Å²) in [5, 5.41) is 5.09. The molecule has 0 saturated heterocycles. The number of hydrogen-bond donors (Lipinski definition) is 2. The SMILES string of the molecule is O=C1NC(=Cc2ccccc2)c2ccccc21.O=C1NC(=O)c2ccccc21.O=Cc1ccccc1. The maximum atomic E-state index is 11.7. The Balaban J connectivity index is 0.000000138. The Kier molecular flexibility index (Phi) is 7.58. The van der Waals surface area contributed by atoms with E-state index in [4.69, 9.17) is 0 Å². The summed E-state index contributed by atoms with van der Waals surface area (Å²) in [6.45, 7) is 0. The van der Waals surface area contributed by atoms with Crippen molar-refractivity contribution in [3.8, 4) is 0 Å². The third-order valence-corrected chi connectivity index (χ3v) is 5.40. The first kappa shape index (κ1) is 24.0. The Hall–Kier alpha value is -5.10. The number of nitrogens with one attached hydrogen (secondary N) is 2. The minimum absolute atomic E-state index is 0.0252. The molecule has 0 spiro atoms. The minimum atomic E-state index is -0.300. The minimum Gasteiger partial charge on any atom is -0.321 e. The highest BCUT2D eigenvalue weighted by molar-refractivity contribution is 6.21. The van der Waals surface area contributed by atoms with Crippen LogP contribution < -0.4 is 10.6 Å². The second-order valence-corrected chi connectivity index (χ2v) is 7.83. The van der Waals surface area contributed by atoms with E-state index in [1.807, 2.05) is 78.9 Å². The number of carbonyl (C=O) groups excluding carboxylic acids is 4. The molecule has 0 radical (unpaired) electrons. The summed E-state index contributed by atoms with van der Waals surface area (Å²) < 4.78 is 0. The molecule has 0 unspecified atom stereocenters. The molecule has 0 bridgehead atoms. The van der Waals surface area contributed by atoms with E-state index in [1.54, 1.807) is 36.4 Å². The molecule has 0 atom stereocenters. The number of amides is 3. The number of carbonyl (C=O) groups is 4. The van der Waals surface area contributed by atoms with E-state index in [9.17, 15) is 19.2 Å². The molecule has 0 aliphatic carbocycles. The predicted octanol–water partition coefficient (Wildman–Crippen LogP) is 5.00. The molecule has 2 heterocycles. The standard InChI is InChI=1S/C15H11NO.C8H5NO2.C7H6O/c17-15-13-9-5-4-8-12(13)14(16-15)10-11-6-2-1-3-7-11;10-7-5-3-1-2-4-6(5)8(11)9-7;8-6-7-4-2-1-3-5-7/h1-10H,(H,16,17);1-4H,(H,9,10,11);1-6H. The largest absolute Gasteiger partial charge is 0.321 e. The molecule has 4 aromatic carbocycles. The van der Waals surface area contributed by atoms with Crippen LogP contribution in [0.3, 0.4) is 0 Å². The van der Waals surface area contributed by atoms with Gasteiger partial charge >= 0.3 is 0 Å². The molecule has 6 heteroatoms. The fraction of sp³-hybridized carbons (Fsp3) is 0. The average molecular weight is 475 g/mol. The predicted molar refractivity (Wildman–Crippen MR) is 138 cm³/mol. The van der Waals surface area contributed by atoms with Gasteiger partial charge in [0.15, 0.2) is 0 Å². The lowest BCUT2D eigenvalue weighted by Gasteiger charge is -1.99. The van der Waals surface area contributed by atoms with Crippen LogP contribution in [0.15, 0.2) is 109 Å². The fourth-order valence-electron chi connectivity index (χ4n) is 3.65. The molecule has 4 aromatic rings. The van der Waals surface area contributed by atoms with E-state index in [1.165, 1.54) is 0 Å². The summed E-state index contributed by atoms with van der Waals surface area (Å²) in [6, 6.07) is 33.4. The van der Waals surface area contributed by atoms with Crippen LogP contribution in [0.1, 0.15) is 52.6 Å². The average Bonchev–Trinajstić information content (AvgIpc) is 3.41. The molecule has 6 rings (SSSR count). The van der Waals surface area contributed by atoms with Crippen molar-refractivity contribution < 1.29 is 19.2 Å². The van der Waals surface area contributed by atoms with Crippen molar-refractivity contribution in [1.82, 2.24) is 10.6 Å². The monoisotopic (exact) mass is 474 g/mol. The molecule has 36 heavy (non-hydrogen) atoms. The van der Waals surface area contributed by atoms with Crippen LogP contribution in [-0.4, -0.2) is 24.0 Å². The Morgan fingerprint density at radius 3 is 1.31 bits per heavy atom. The number of aldehydes is 1. The summed E-state index contributed by atoms with van der Waals surface area (Å²) in [5.74, 6) is -0.626. The van der Waals surface area contributed by atoms with Crippen molar-refractivity contribution >= 4 is 35.8 Å². The maximum Gasteiger partial charge on any atom is 0.258 e. The van der Waals surface area contributed by atoms with E-state index < -0.39 is 0 Å². The fourth-order valence-corrected chi connectivity index (χ4v) is 3.65. The molecule has 2 aliphatic heterocycles. The van der Waals surface area contributed by atoms with Gasteiger partial charge in [-0.05, 0) is 29.8 Å². The maximum absolute atomic E-state index is 11.7. The van der Waals surface area contributed by atoms with E-state index in [-0.39, 0.29) is 17.7 Å². The highest BCUT2D eigenvalue weighted by Crippen LogP contribution is 2.25. The van der Waals surface area contributed by atoms with Crippen molar-refractivity contribution in [1.29, 1.82) is 0 Å². The molecule has 0 saturated carbocycles. The quantitative estimate of drug-likeness (QED) is 0.316. The zero-order valence-electron chi connectivity index (χ0n) is 19.2.